The van der Waals surface area contributed by atoms with Crippen molar-refractivity contribution in [3.05, 3.63) is 124 Å². The molecule has 2 amide bonds. The smallest absolute Gasteiger partial charge is 0.264 e. The van der Waals surface area contributed by atoms with E-state index in [2.05, 4.69) is 21.2 Å². The predicted molar refractivity (Wildman–Crippen MR) is 192 cm³/mol. The Hall–Kier alpha value is -4.15. The molecule has 252 valence electrons. The molecule has 0 aromatic heterocycles. The average Bonchev–Trinajstić information content (AvgIpc) is 3.10. The summed E-state index contributed by atoms with van der Waals surface area (Å²) in [5.41, 5.74) is 2.89. The van der Waals surface area contributed by atoms with Crippen molar-refractivity contribution in [2.24, 2.45) is 0 Å². The lowest BCUT2D eigenvalue weighted by Gasteiger charge is -2.35. The number of nitrogens with one attached hydrogen (secondary N) is 1. The van der Waals surface area contributed by atoms with Crippen LogP contribution in [0.4, 0.5) is 5.69 Å². The number of rotatable bonds is 13. The molecule has 0 spiro atoms. The standard InChI is InChI=1S/C38H42BrN3O5S/c1-28-16-22-35(23-17-28)48(45,46)42(33-20-18-31(39)19-21-33)27-37(43)41(26-30-12-9-15-34(24-30)47-2)36(25-29-10-5-3-6-11-29)38(44)40-32-13-7-4-8-14-32/h3,5-6,9-12,15-24,32,36H,4,7-8,13-14,25-27H2,1-2H3,(H,40,44)/t36-/m1/s1. The van der Waals surface area contributed by atoms with Crippen LogP contribution >= 0.6 is 15.9 Å². The summed E-state index contributed by atoms with van der Waals surface area (Å²) < 4.78 is 35.8. The fourth-order valence-corrected chi connectivity index (χ4v) is 7.72. The zero-order valence-corrected chi connectivity index (χ0v) is 29.8. The van der Waals surface area contributed by atoms with Gasteiger partial charge in [-0.2, -0.15) is 0 Å². The SMILES string of the molecule is COc1cccc(CN(C(=O)CN(c2ccc(Br)cc2)S(=O)(=O)c2ccc(C)cc2)[C@H](Cc2ccccc2)C(=O)NC2CCCCC2)c1. The van der Waals surface area contributed by atoms with Gasteiger partial charge in [-0.15, -0.1) is 0 Å². The Morgan fingerprint density at radius 2 is 1.54 bits per heavy atom. The summed E-state index contributed by atoms with van der Waals surface area (Å²) in [6.07, 6.45) is 5.26. The summed E-state index contributed by atoms with van der Waals surface area (Å²) in [6, 6.07) is 29.4. The minimum Gasteiger partial charge on any atom is -0.497 e. The minimum absolute atomic E-state index is 0.0273. The van der Waals surface area contributed by atoms with Gasteiger partial charge in [0.05, 0.1) is 17.7 Å². The van der Waals surface area contributed by atoms with E-state index in [1.165, 1.54) is 4.90 Å². The Kier molecular flexibility index (Phi) is 11.9. The van der Waals surface area contributed by atoms with Crippen molar-refractivity contribution in [2.75, 3.05) is 18.0 Å². The number of nitrogens with zero attached hydrogens (tertiary/aromatic N) is 2. The summed E-state index contributed by atoms with van der Waals surface area (Å²) in [5.74, 6) is -0.140. The molecule has 1 N–H and O–H groups in total. The third kappa shape index (κ3) is 9.05. The second-order valence-electron chi connectivity index (χ2n) is 12.2. The molecule has 1 saturated carbocycles. The molecule has 4 aromatic carbocycles. The second kappa shape index (κ2) is 16.3. The van der Waals surface area contributed by atoms with Crippen LogP contribution in [-0.4, -0.2) is 50.9 Å². The van der Waals surface area contributed by atoms with Crippen molar-refractivity contribution in [3.63, 3.8) is 0 Å². The number of anilines is 1. The van der Waals surface area contributed by atoms with Crippen LogP contribution in [0.15, 0.2) is 112 Å². The van der Waals surface area contributed by atoms with Crippen LogP contribution in [0.5, 0.6) is 5.75 Å². The minimum atomic E-state index is -4.17. The van der Waals surface area contributed by atoms with Gasteiger partial charge in [0.15, 0.2) is 0 Å². The lowest BCUT2D eigenvalue weighted by molar-refractivity contribution is -0.140. The van der Waals surface area contributed by atoms with Crippen molar-refractivity contribution in [2.45, 2.75) is 69.0 Å². The van der Waals surface area contributed by atoms with Gasteiger partial charge < -0.3 is 15.0 Å². The van der Waals surface area contributed by atoms with E-state index in [9.17, 15) is 18.0 Å². The van der Waals surface area contributed by atoms with Crippen LogP contribution < -0.4 is 14.4 Å². The average molecular weight is 733 g/mol. The number of aryl methyl sites for hydroxylation is 1. The molecule has 0 aliphatic heterocycles. The van der Waals surface area contributed by atoms with E-state index in [0.29, 0.717) is 11.4 Å². The molecular weight excluding hydrogens is 690 g/mol. The van der Waals surface area contributed by atoms with E-state index in [-0.39, 0.29) is 29.8 Å². The number of carbonyl (C=O) groups excluding carboxylic acids is 2. The lowest BCUT2D eigenvalue weighted by atomic mass is 9.94. The highest BCUT2D eigenvalue weighted by Crippen LogP contribution is 2.27. The lowest BCUT2D eigenvalue weighted by Crippen LogP contribution is -2.55. The van der Waals surface area contributed by atoms with Gasteiger partial charge in [0.1, 0.15) is 18.3 Å². The normalized spacial score (nSPS) is 14.1. The van der Waals surface area contributed by atoms with Gasteiger partial charge in [0.25, 0.3) is 10.0 Å². The zero-order valence-electron chi connectivity index (χ0n) is 27.3. The largest absolute Gasteiger partial charge is 0.497 e. The molecule has 0 unspecified atom stereocenters. The monoisotopic (exact) mass is 731 g/mol. The number of ether oxygens (including phenoxy) is 1. The Bertz CT molecular complexity index is 1780. The van der Waals surface area contributed by atoms with E-state index < -0.39 is 28.5 Å². The van der Waals surface area contributed by atoms with E-state index in [1.807, 2.05) is 61.5 Å². The number of amides is 2. The topological polar surface area (TPSA) is 96.0 Å². The summed E-state index contributed by atoms with van der Waals surface area (Å²) in [7, 11) is -2.60. The van der Waals surface area contributed by atoms with Gasteiger partial charge >= 0.3 is 0 Å². The van der Waals surface area contributed by atoms with Gasteiger partial charge in [0.2, 0.25) is 11.8 Å². The van der Waals surface area contributed by atoms with Crippen LogP contribution in [0.1, 0.15) is 48.8 Å². The summed E-state index contributed by atoms with van der Waals surface area (Å²) in [5, 5.41) is 3.24. The van der Waals surface area contributed by atoms with E-state index in [4.69, 9.17) is 4.74 Å². The Labute approximate surface area is 292 Å². The van der Waals surface area contributed by atoms with E-state index in [0.717, 1.165) is 57.6 Å². The molecule has 48 heavy (non-hydrogen) atoms. The molecule has 1 atom stereocenters. The molecule has 1 aliphatic rings. The fourth-order valence-electron chi connectivity index (χ4n) is 6.04. The Balaban J connectivity index is 1.57. The number of hydrogen-bond acceptors (Lipinski definition) is 5. The second-order valence-corrected chi connectivity index (χ2v) is 15.0. The molecule has 1 fully saturated rings. The van der Waals surface area contributed by atoms with Gasteiger partial charge in [0, 0.05) is 23.5 Å². The Morgan fingerprint density at radius 3 is 2.21 bits per heavy atom. The summed E-state index contributed by atoms with van der Waals surface area (Å²) >= 11 is 3.43. The molecule has 0 bridgehead atoms. The maximum atomic E-state index is 14.7. The highest BCUT2D eigenvalue weighted by atomic mass is 79.9. The van der Waals surface area contributed by atoms with Gasteiger partial charge in [-0.05, 0) is 79.4 Å². The van der Waals surface area contributed by atoms with Crippen LogP contribution in [-0.2, 0) is 32.6 Å². The zero-order chi connectivity index (χ0) is 34.1. The van der Waals surface area contributed by atoms with Crippen molar-refractivity contribution >= 4 is 43.5 Å². The maximum Gasteiger partial charge on any atom is 0.264 e. The maximum absolute atomic E-state index is 14.7. The first-order valence-corrected chi connectivity index (χ1v) is 18.5. The fraction of sp³-hybridized carbons (Fsp3) is 0.316. The molecule has 10 heteroatoms. The van der Waals surface area contributed by atoms with Crippen LogP contribution in [0.2, 0.25) is 0 Å². The van der Waals surface area contributed by atoms with E-state index in [1.54, 1.807) is 55.6 Å². The number of benzene rings is 4. The first-order chi connectivity index (χ1) is 23.1. The number of sulfonamides is 1. The molecule has 0 heterocycles. The third-order valence-corrected chi connectivity index (χ3v) is 11.0. The molecular formula is C38H42BrN3O5S. The molecule has 5 rings (SSSR count). The molecule has 0 radical (unpaired) electrons. The predicted octanol–water partition coefficient (Wildman–Crippen LogP) is 7.05. The van der Waals surface area contributed by atoms with Crippen molar-refractivity contribution in [1.29, 1.82) is 0 Å². The van der Waals surface area contributed by atoms with Gasteiger partial charge in [-0.1, -0.05) is 95.4 Å². The quantitative estimate of drug-likeness (QED) is 0.159. The number of hydrogen-bond donors (Lipinski definition) is 1. The van der Waals surface area contributed by atoms with Crippen molar-refractivity contribution < 1.29 is 22.7 Å². The number of methoxy groups -OCH3 is 1. The van der Waals surface area contributed by atoms with Crippen LogP contribution in [0.3, 0.4) is 0 Å². The van der Waals surface area contributed by atoms with E-state index >= 15 is 0 Å². The molecule has 0 saturated heterocycles. The first-order valence-electron chi connectivity index (χ1n) is 16.3. The first kappa shape index (κ1) is 35.2. The number of halogens is 1. The molecule has 1 aliphatic carbocycles. The molecule has 4 aromatic rings. The summed E-state index contributed by atoms with van der Waals surface area (Å²) in [4.78, 5) is 30.6. The van der Waals surface area contributed by atoms with Crippen molar-refractivity contribution in [3.8, 4) is 5.75 Å². The summed E-state index contributed by atoms with van der Waals surface area (Å²) in [6.45, 7) is 1.45. The highest BCUT2D eigenvalue weighted by molar-refractivity contribution is 9.10. The van der Waals surface area contributed by atoms with Crippen molar-refractivity contribution in [1.82, 2.24) is 10.2 Å². The van der Waals surface area contributed by atoms with Crippen LogP contribution in [0.25, 0.3) is 0 Å². The highest BCUT2D eigenvalue weighted by Gasteiger charge is 2.35. The Morgan fingerprint density at radius 1 is 0.875 bits per heavy atom. The van der Waals surface area contributed by atoms with Gasteiger partial charge in [-0.3, -0.25) is 13.9 Å². The van der Waals surface area contributed by atoms with Crippen LogP contribution in [0, 0.1) is 6.92 Å². The molecule has 8 nitrogen and oxygen atoms in total. The number of carbonyl (C=O) groups is 2. The van der Waals surface area contributed by atoms with Gasteiger partial charge in [-0.25, -0.2) is 8.42 Å². The third-order valence-electron chi connectivity index (χ3n) is 8.71.